The smallest absolute Gasteiger partial charge is 0.266 e. The highest BCUT2D eigenvalue weighted by Gasteiger charge is 2.14. The summed E-state index contributed by atoms with van der Waals surface area (Å²) in [6.07, 6.45) is 2.19. The molecule has 3 aromatic rings. The van der Waals surface area contributed by atoms with Gasteiger partial charge in [-0.1, -0.05) is 6.07 Å². The van der Waals surface area contributed by atoms with Gasteiger partial charge in [-0.05, 0) is 29.8 Å². The number of hydrogen-bond acceptors (Lipinski definition) is 3. The molecule has 4 nitrogen and oxygen atoms in total. The Balaban J connectivity index is 1.81. The predicted molar refractivity (Wildman–Crippen MR) is 82.5 cm³/mol. The van der Waals surface area contributed by atoms with Crippen LogP contribution >= 0.6 is 0 Å². The number of aromatic nitrogens is 3. The van der Waals surface area contributed by atoms with Gasteiger partial charge in [0.15, 0.2) is 0 Å². The molecule has 124 valence electrons. The maximum atomic E-state index is 13.7. The van der Waals surface area contributed by atoms with Crippen molar-refractivity contribution in [2.45, 2.75) is 13.0 Å². The van der Waals surface area contributed by atoms with Crippen LogP contribution in [0.4, 0.5) is 13.2 Å². The molecular formula is C17H14F3N3O. The van der Waals surface area contributed by atoms with Crippen LogP contribution < -0.4 is 4.74 Å². The van der Waals surface area contributed by atoms with Crippen molar-refractivity contribution in [3.8, 4) is 17.0 Å². The normalized spacial score (nSPS) is 11.0. The fourth-order valence-electron chi connectivity index (χ4n) is 2.32. The fourth-order valence-corrected chi connectivity index (χ4v) is 2.32. The Bertz CT molecular complexity index is 849. The van der Waals surface area contributed by atoms with Gasteiger partial charge >= 0.3 is 0 Å². The van der Waals surface area contributed by atoms with E-state index < -0.39 is 17.8 Å². The van der Waals surface area contributed by atoms with Crippen molar-refractivity contribution < 1.29 is 17.9 Å². The van der Waals surface area contributed by atoms with Crippen molar-refractivity contribution in [2.75, 3.05) is 7.11 Å². The van der Waals surface area contributed by atoms with Crippen molar-refractivity contribution in [1.82, 2.24) is 14.8 Å². The van der Waals surface area contributed by atoms with Crippen LogP contribution in [-0.4, -0.2) is 21.9 Å². The fraction of sp³-hybridized carbons (Fsp3) is 0.176. The van der Waals surface area contributed by atoms with Gasteiger partial charge in [0.1, 0.15) is 11.6 Å². The van der Waals surface area contributed by atoms with Gasteiger partial charge < -0.3 is 4.74 Å². The topological polar surface area (TPSA) is 39.9 Å². The molecule has 0 aliphatic rings. The standard InChI is InChI=1S/C17H14F3N3O/c1-24-13-6-11(8-21-9-13)10-23-5-4-16(22-23)12-2-3-14(17(19)20)15(18)7-12/h2-9,17H,10H2,1H3. The monoisotopic (exact) mass is 333 g/mol. The zero-order valence-electron chi connectivity index (χ0n) is 12.8. The molecule has 0 radical (unpaired) electrons. The van der Waals surface area contributed by atoms with Gasteiger partial charge in [0.2, 0.25) is 0 Å². The summed E-state index contributed by atoms with van der Waals surface area (Å²) in [5, 5.41) is 4.34. The lowest BCUT2D eigenvalue weighted by Gasteiger charge is -2.05. The minimum absolute atomic E-state index is 0.444. The summed E-state index contributed by atoms with van der Waals surface area (Å²) in [4.78, 5) is 4.07. The van der Waals surface area contributed by atoms with Gasteiger partial charge in [0.25, 0.3) is 6.43 Å². The molecule has 24 heavy (non-hydrogen) atoms. The average molecular weight is 333 g/mol. The average Bonchev–Trinajstić information content (AvgIpc) is 3.03. The SMILES string of the molecule is COc1cncc(Cn2ccc(-c3ccc(C(F)F)c(F)c3)n2)c1. The lowest BCUT2D eigenvalue weighted by molar-refractivity contribution is 0.146. The first-order valence-electron chi connectivity index (χ1n) is 7.16. The first-order valence-corrected chi connectivity index (χ1v) is 7.16. The molecule has 7 heteroatoms. The van der Waals surface area contributed by atoms with E-state index in [0.717, 1.165) is 17.7 Å². The van der Waals surface area contributed by atoms with E-state index in [-0.39, 0.29) is 0 Å². The predicted octanol–water partition coefficient (Wildman–Crippen LogP) is 4.08. The molecular weight excluding hydrogens is 319 g/mol. The summed E-state index contributed by atoms with van der Waals surface area (Å²) in [5.74, 6) is -0.293. The highest BCUT2D eigenvalue weighted by Crippen LogP contribution is 2.26. The largest absolute Gasteiger partial charge is 0.495 e. The van der Waals surface area contributed by atoms with E-state index >= 15 is 0 Å². The number of ether oxygens (including phenoxy) is 1. The second-order valence-corrected chi connectivity index (χ2v) is 5.17. The maximum Gasteiger partial charge on any atom is 0.266 e. The number of alkyl halides is 2. The molecule has 1 aromatic carbocycles. The molecule has 3 rings (SSSR count). The Morgan fingerprint density at radius 1 is 1.17 bits per heavy atom. The van der Waals surface area contributed by atoms with Crippen LogP contribution in [0.15, 0.2) is 48.9 Å². The zero-order chi connectivity index (χ0) is 17.1. The summed E-state index contributed by atoms with van der Waals surface area (Å²) in [5.41, 5.74) is 1.23. The third kappa shape index (κ3) is 3.40. The molecule has 0 atom stereocenters. The Morgan fingerprint density at radius 2 is 2.00 bits per heavy atom. The van der Waals surface area contributed by atoms with Crippen LogP contribution in [0.5, 0.6) is 5.75 Å². The van der Waals surface area contributed by atoms with E-state index in [0.29, 0.717) is 23.6 Å². The Labute approximate surface area is 136 Å². The highest BCUT2D eigenvalue weighted by atomic mass is 19.3. The Kier molecular flexibility index (Phi) is 4.50. The second-order valence-electron chi connectivity index (χ2n) is 5.17. The van der Waals surface area contributed by atoms with Gasteiger partial charge in [-0.2, -0.15) is 5.10 Å². The molecule has 0 fully saturated rings. The molecule has 2 aromatic heterocycles. The van der Waals surface area contributed by atoms with Crippen LogP contribution in [0.3, 0.4) is 0 Å². The summed E-state index contributed by atoms with van der Waals surface area (Å²) >= 11 is 0. The zero-order valence-corrected chi connectivity index (χ0v) is 12.8. The molecule has 0 amide bonds. The van der Waals surface area contributed by atoms with Crippen LogP contribution in [0, 0.1) is 5.82 Å². The Hall–Kier alpha value is -2.83. The third-order valence-electron chi connectivity index (χ3n) is 3.52. The van der Waals surface area contributed by atoms with Gasteiger partial charge in [-0.15, -0.1) is 0 Å². The van der Waals surface area contributed by atoms with E-state index in [4.69, 9.17) is 4.74 Å². The molecule has 0 spiro atoms. The first-order chi connectivity index (χ1) is 11.6. The number of hydrogen-bond donors (Lipinski definition) is 0. The van der Waals surface area contributed by atoms with Crippen molar-refractivity contribution in [3.63, 3.8) is 0 Å². The minimum Gasteiger partial charge on any atom is -0.495 e. The van der Waals surface area contributed by atoms with Crippen LogP contribution in [0.25, 0.3) is 11.3 Å². The van der Waals surface area contributed by atoms with E-state index in [2.05, 4.69) is 10.1 Å². The van der Waals surface area contributed by atoms with E-state index in [1.165, 1.54) is 6.07 Å². The number of nitrogens with zero attached hydrogens (tertiary/aromatic N) is 3. The number of rotatable bonds is 5. The summed E-state index contributed by atoms with van der Waals surface area (Å²) in [6, 6.07) is 7.13. The summed E-state index contributed by atoms with van der Waals surface area (Å²) in [6.45, 7) is 0.460. The van der Waals surface area contributed by atoms with E-state index in [1.54, 1.807) is 36.4 Å². The number of methoxy groups -OCH3 is 1. The van der Waals surface area contributed by atoms with Gasteiger partial charge in [0.05, 0.1) is 31.1 Å². The Morgan fingerprint density at radius 3 is 2.71 bits per heavy atom. The summed E-state index contributed by atoms with van der Waals surface area (Å²) in [7, 11) is 1.56. The molecule has 0 N–H and O–H groups in total. The minimum atomic E-state index is -2.84. The number of benzene rings is 1. The molecule has 0 saturated heterocycles. The molecule has 2 heterocycles. The number of pyridine rings is 1. The highest BCUT2D eigenvalue weighted by molar-refractivity contribution is 5.59. The lowest BCUT2D eigenvalue weighted by atomic mass is 10.1. The van der Waals surface area contributed by atoms with Crippen LogP contribution in [0.2, 0.25) is 0 Å². The lowest BCUT2D eigenvalue weighted by Crippen LogP contribution is -2.01. The van der Waals surface area contributed by atoms with Crippen molar-refractivity contribution >= 4 is 0 Å². The maximum absolute atomic E-state index is 13.7. The first kappa shape index (κ1) is 16.0. The quantitative estimate of drug-likeness (QED) is 0.706. The van der Waals surface area contributed by atoms with E-state index in [9.17, 15) is 13.2 Å². The van der Waals surface area contributed by atoms with E-state index in [1.807, 2.05) is 6.07 Å². The second kappa shape index (κ2) is 6.74. The van der Waals surface area contributed by atoms with Crippen molar-refractivity contribution in [1.29, 1.82) is 0 Å². The van der Waals surface area contributed by atoms with Crippen molar-refractivity contribution in [3.05, 3.63) is 65.9 Å². The van der Waals surface area contributed by atoms with Crippen LogP contribution in [-0.2, 0) is 6.54 Å². The molecule has 0 aliphatic heterocycles. The summed E-state index contributed by atoms with van der Waals surface area (Å²) < 4.78 is 45.6. The van der Waals surface area contributed by atoms with Gasteiger partial charge in [-0.3, -0.25) is 9.67 Å². The molecule has 0 aliphatic carbocycles. The molecule has 0 unspecified atom stereocenters. The molecule has 0 saturated carbocycles. The van der Waals surface area contributed by atoms with Crippen molar-refractivity contribution in [2.24, 2.45) is 0 Å². The van der Waals surface area contributed by atoms with Gasteiger partial charge in [-0.25, -0.2) is 13.2 Å². The van der Waals surface area contributed by atoms with Crippen LogP contribution in [0.1, 0.15) is 17.6 Å². The number of halogens is 3. The molecule has 0 bridgehead atoms. The van der Waals surface area contributed by atoms with Gasteiger partial charge in [0, 0.05) is 18.0 Å². The third-order valence-corrected chi connectivity index (χ3v) is 3.52.